The molecule has 1 aromatic heterocycles. The van der Waals surface area contributed by atoms with Crippen LogP contribution in [0.5, 0.6) is 0 Å². The molecule has 13 heavy (non-hydrogen) atoms. The molecule has 0 aliphatic rings. The molecule has 1 rings (SSSR count). The molecule has 0 fully saturated rings. The number of hydrogen-bond donors (Lipinski definition) is 1. The van der Waals surface area contributed by atoms with Crippen molar-refractivity contribution in [3.05, 3.63) is 11.6 Å². The van der Waals surface area contributed by atoms with E-state index >= 15 is 0 Å². The van der Waals surface area contributed by atoms with Crippen LogP contribution in [-0.2, 0) is 5.41 Å². The van der Waals surface area contributed by atoms with Gasteiger partial charge in [-0.3, -0.25) is 0 Å². The van der Waals surface area contributed by atoms with Gasteiger partial charge in [-0.2, -0.15) is 10.2 Å². The molecule has 0 saturated heterocycles. The van der Waals surface area contributed by atoms with Crippen molar-refractivity contribution < 1.29 is 4.42 Å². The van der Waals surface area contributed by atoms with E-state index in [2.05, 4.69) is 4.98 Å². The van der Waals surface area contributed by atoms with Crippen LogP contribution in [0.2, 0.25) is 0 Å². The molecule has 0 saturated carbocycles. The third kappa shape index (κ3) is 1.64. The maximum atomic E-state index is 8.62. The first-order valence-electron chi connectivity index (χ1n) is 4.18. The number of anilines is 1. The van der Waals surface area contributed by atoms with Crippen LogP contribution in [-0.4, -0.2) is 4.98 Å². The number of hydrogen-bond acceptors (Lipinski definition) is 4. The highest BCUT2D eigenvalue weighted by molar-refractivity contribution is 5.41. The molecule has 70 valence electrons. The molecule has 0 spiro atoms. The summed E-state index contributed by atoms with van der Waals surface area (Å²) in [6.07, 6.45) is 0.887. The van der Waals surface area contributed by atoms with Crippen molar-refractivity contribution >= 4 is 5.88 Å². The van der Waals surface area contributed by atoms with Crippen LogP contribution >= 0.6 is 0 Å². The first-order chi connectivity index (χ1) is 6.01. The van der Waals surface area contributed by atoms with Crippen molar-refractivity contribution in [2.24, 2.45) is 0 Å². The zero-order valence-corrected chi connectivity index (χ0v) is 8.09. The number of rotatable bonds is 2. The van der Waals surface area contributed by atoms with Crippen molar-refractivity contribution in [1.82, 2.24) is 4.98 Å². The first-order valence-corrected chi connectivity index (χ1v) is 4.18. The highest BCUT2D eigenvalue weighted by Gasteiger charge is 2.25. The van der Waals surface area contributed by atoms with E-state index in [9.17, 15) is 0 Å². The van der Waals surface area contributed by atoms with Gasteiger partial charge in [-0.05, 0) is 6.42 Å². The van der Waals surface area contributed by atoms with Gasteiger partial charge in [-0.1, -0.05) is 20.8 Å². The van der Waals surface area contributed by atoms with E-state index in [1.54, 1.807) is 0 Å². The largest absolute Gasteiger partial charge is 0.423 e. The van der Waals surface area contributed by atoms with Gasteiger partial charge in [0.2, 0.25) is 17.5 Å². The molecule has 0 unspecified atom stereocenters. The van der Waals surface area contributed by atoms with Crippen molar-refractivity contribution in [1.29, 1.82) is 5.26 Å². The van der Waals surface area contributed by atoms with Crippen LogP contribution in [0.25, 0.3) is 0 Å². The standard InChI is InChI=1S/C9H13N3O/c1-4-9(2,3)8-12-6(5-10)7(11)13-8/h4,11H2,1-3H3. The maximum Gasteiger partial charge on any atom is 0.229 e. The average molecular weight is 179 g/mol. The highest BCUT2D eigenvalue weighted by atomic mass is 16.4. The minimum absolute atomic E-state index is 0.110. The molecule has 1 heterocycles. The molecule has 1 aromatic rings. The van der Waals surface area contributed by atoms with Gasteiger partial charge in [-0.15, -0.1) is 0 Å². The molecule has 2 N–H and O–H groups in total. The van der Waals surface area contributed by atoms with E-state index in [1.807, 2.05) is 26.8 Å². The molecular weight excluding hydrogens is 166 g/mol. The zero-order chi connectivity index (χ0) is 10.1. The Balaban J connectivity index is 3.12. The lowest BCUT2D eigenvalue weighted by atomic mass is 9.90. The summed E-state index contributed by atoms with van der Waals surface area (Å²) in [5, 5.41) is 8.62. The molecule has 0 radical (unpaired) electrons. The van der Waals surface area contributed by atoms with E-state index in [-0.39, 0.29) is 17.0 Å². The maximum absolute atomic E-state index is 8.62. The third-order valence-electron chi connectivity index (χ3n) is 2.22. The second-order valence-electron chi connectivity index (χ2n) is 3.58. The summed E-state index contributed by atoms with van der Waals surface area (Å²) in [5.74, 6) is 0.642. The number of aromatic nitrogens is 1. The summed E-state index contributed by atoms with van der Waals surface area (Å²) in [4.78, 5) is 4.02. The van der Waals surface area contributed by atoms with E-state index in [1.165, 1.54) is 0 Å². The quantitative estimate of drug-likeness (QED) is 0.751. The van der Waals surface area contributed by atoms with Gasteiger partial charge in [-0.25, -0.2) is 0 Å². The Morgan fingerprint density at radius 3 is 2.62 bits per heavy atom. The fraction of sp³-hybridized carbons (Fsp3) is 0.556. The summed E-state index contributed by atoms with van der Waals surface area (Å²) in [6, 6.07) is 1.88. The Bertz CT molecular complexity index is 346. The van der Waals surface area contributed by atoms with Gasteiger partial charge in [0.15, 0.2) is 0 Å². The monoisotopic (exact) mass is 179 g/mol. The normalized spacial score (nSPS) is 11.2. The predicted octanol–water partition coefficient (Wildman–Crippen LogP) is 1.82. The minimum atomic E-state index is -0.163. The smallest absolute Gasteiger partial charge is 0.229 e. The second-order valence-corrected chi connectivity index (χ2v) is 3.58. The summed E-state index contributed by atoms with van der Waals surface area (Å²) in [7, 11) is 0. The van der Waals surface area contributed by atoms with Crippen LogP contribution in [0.1, 0.15) is 38.8 Å². The Hall–Kier alpha value is -1.50. The molecule has 0 aromatic carbocycles. The lowest BCUT2D eigenvalue weighted by Crippen LogP contribution is -2.15. The van der Waals surface area contributed by atoms with Gasteiger partial charge in [0.1, 0.15) is 6.07 Å². The number of nitriles is 1. The van der Waals surface area contributed by atoms with Gasteiger partial charge >= 0.3 is 0 Å². The van der Waals surface area contributed by atoms with Gasteiger partial charge in [0, 0.05) is 5.41 Å². The van der Waals surface area contributed by atoms with Crippen molar-refractivity contribution in [2.75, 3.05) is 5.73 Å². The van der Waals surface area contributed by atoms with Gasteiger partial charge in [0.05, 0.1) is 0 Å². The van der Waals surface area contributed by atoms with Crippen molar-refractivity contribution in [2.45, 2.75) is 32.6 Å². The molecule has 0 aliphatic heterocycles. The van der Waals surface area contributed by atoms with E-state index in [0.717, 1.165) is 6.42 Å². The van der Waals surface area contributed by atoms with Crippen LogP contribution in [0.3, 0.4) is 0 Å². The zero-order valence-electron chi connectivity index (χ0n) is 8.09. The Kier molecular flexibility index (Phi) is 2.28. The van der Waals surface area contributed by atoms with E-state index in [0.29, 0.717) is 5.89 Å². The Morgan fingerprint density at radius 2 is 2.23 bits per heavy atom. The lowest BCUT2D eigenvalue weighted by Gasteiger charge is -2.16. The summed E-state index contributed by atoms with van der Waals surface area (Å²) in [6.45, 7) is 6.03. The average Bonchev–Trinajstić information content (AvgIpc) is 2.47. The van der Waals surface area contributed by atoms with Crippen LogP contribution in [0.4, 0.5) is 5.88 Å². The van der Waals surface area contributed by atoms with Crippen molar-refractivity contribution in [3.63, 3.8) is 0 Å². The highest BCUT2D eigenvalue weighted by Crippen LogP contribution is 2.28. The SMILES string of the molecule is CCC(C)(C)c1nc(C#N)c(N)o1. The number of nitrogens with zero attached hydrogens (tertiary/aromatic N) is 2. The number of oxazole rings is 1. The molecule has 0 amide bonds. The Labute approximate surface area is 77.4 Å². The van der Waals surface area contributed by atoms with Crippen LogP contribution in [0.15, 0.2) is 4.42 Å². The summed E-state index contributed by atoms with van der Waals surface area (Å²) >= 11 is 0. The first kappa shape index (κ1) is 9.59. The number of nitrogen functional groups attached to an aromatic ring is 1. The molecule has 4 heteroatoms. The second kappa shape index (κ2) is 3.09. The predicted molar refractivity (Wildman–Crippen MR) is 48.9 cm³/mol. The summed E-state index contributed by atoms with van der Waals surface area (Å²) in [5.41, 5.74) is 5.47. The van der Waals surface area contributed by atoms with Crippen LogP contribution in [0, 0.1) is 11.3 Å². The van der Waals surface area contributed by atoms with Crippen LogP contribution < -0.4 is 5.73 Å². The van der Waals surface area contributed by atoms with Crippen molar-refractivity contribution in [3.8, 4) is 6.07 Å². The third-order valence-corrected chi connectivity index (χ3v) is 2.22. The van der Waals surface area contributed by atoms with Gasteiger partial charge < -0.3 is 10.2 Å². The molecule has 4 nitrogen and oxygen atoms in total. The minimum Gasteiger partial charge on any atom is -0.423 e. The lowest BCUT2D eigenvalue weighted by molar-refractivity contribution is 0.366. The Morgan fingerprint density at radius 1 is 1.62 bits per heavy atom. The fourth-order valence-corrected chi connectivity index (χ4v) is 0.853. The molecular formula is C9H13N3O. The van der Waals surface area contributed by atoms with E-state index < -0.39 is 0 Å². The molecule has 0 atom stereocenters. The summed E-state index contributed by atoms with van der Waals surface area (Å²) < 4.78 is 5.21. The van der Waals surface area contributed by atoms with E-state index in [4.69, 9.17) is 15.4 Å². The number of nitrogens with two attached hydrogens (primary N) is 1. The molecule has 0 bridgehead atoms. The van der Waals surface area contributed by atoms with Gasteiger partial charge in [0.25, 0.3) is 0 Å². The topological polar surface area (TPSA) is 75.8 Å². The molecule has 0 aliphatic carbocycles. The fourth-order valence-electron chi connectivity index (χ4n) is 0.853.